The Balaban J connectivity index is 1.65. The Bertz CT molecular complexity index is 893. The number of aryl methyl sites for hydroxylation is 1. The number of para-hydroxylation sites is 3. The summed E-state index contributed by atoms with van der Waals surface area (Å²) in [5.41, 5.74) is 1.41. The second-order valence-corrected chi connectivity index (χ2v) is 4.99. The first-order chi connectivity index (χ1) is 11.2. The summed E-state index contributed by atoms with van der Waals surface area (Å²) in [5.74, 6) is -1.11. The highest BCUT2D eigenvalue weighted by Gasteiger charge is 2.11. The van der Waals surface area contributed by atoms with Crippen LogP contribution in [0.4, 0.5) is 0 Å². The first-order valence-corrected chi connectivity index (χ1v) is 7.20. The number of ether oxygens (including phenoxy) is 1. The Morgan fingerprint density at radius 2 is 1.87 bits per heavy atom. The predicted molar refractivity (Wildman–Crippen MR) is 84.0 cm³/mol. The highest BCUT2D eigenvalue weighted by molar-refractivity contribution is 5.90. The van der Waals surface area contributed by atoms with Gasteiger partial charge in [0, 0.05) is 6.54 Å². The number of aromatic nitrogens is 1. The smallest absolute Gasteiger partial charge is 0.419 e. The van der Waals surface area contributed by atoms with Crippen LogP contribution in [-0.4, -0.2) is 22.2 Å². The number of hydrogen-bond acceptors (Lipinski definition) is 4. The van der Waals surface area contributed by atoms with Crippen LogP contribution in [0.25, 0.3) is 11.1 Å². The summed E-state index contributed by atoms with van der Waals surface area (Å²) in [7, 11) is 0. The lowest BCUT2D eigenvalue weighted by atomic mass is 10.2. The minimum Gasteiger partial charge on any atom is -0.493 e. The van der Waals surface area contributed by atoms with Gasteiger partial charge in [0.05, 0.1) is 12.1 Å². The minimum atomic E-state index is -1.03. The molecule has 0 saturated heterocycles. The van der Waals surface area contributed by atoms with Crippen molar-refractivity contribution in [1.82, 2.24) is 4.57 Å². The van der Waals surface area contributed by atoms with Crippen LogP contribution < -0.4 is 10.5 Å². The number of carboxylic acids is 1. The highest BCUT2D eigenvalue weighted by atomic mass is 16.5. The predicted octanol–water partition coefficient (Wildman–Crippen LogP) is 2.76. The van der Waals surface area contributed by atoms with Crippen molar-refractivity contribution in [3.63, 3.8) is 0 Å². The zero-order valence-electron chi connectivity index (χ0n) is 12.3. The zero-order chi connectivity index (χ0) is 16.2. The van der Waals surface area contributed by atoms with Gasteiger partial charge in [0.2, 0.25) is 0 Å². The molecule has 0 spiro atoms. The molecule has 0 fully saturated rings. The summed E-state index contributed by atoms with van der Waals surface area (Å²) in [6, 6.07) is 13.7. The molecule has 1 N–H and O–H groups in total. The molecule has 118 valence electrons. The molecular weight excluding hydrogens is 298 g/mol. The van der Waals surface area contributed by atoms with Crippen LogP contribution in [0.5, 0.6) is 5.75 Å². The van der Waals surface area contributed by atoms with Crippen LogP contribution in [0.2, 0.25) is 0 Å². The normalized spacial score (nSPS) is 10.8. The van der Waals surface area contributed by atoms with Crippen LogP contribution in [0.15, 0.2) is 57.7 Å². The largest absolute Gasteiger partial charge is 0.493 e. The van der Waals surface area contributed by atoms with Crippen molar-refractivity contribution in [3.05, 3.63) is 64.6 Å². The number of aromatic carboxylic acids is 1. The van der Waals surface area contributed by atoms with E-state index in [1.165, 1.54) is 6.07 Å². The third-order valence-corrected chi connectivity index (χ3v) is 3.47. The number of oxazole rings is 1. The Labute approximate surface area is 131 Å². The van der Waals surface area contributed by atoms with Gasteiger partial charge in [-0.3, -0.25) is 4.57 Å². The van der Waals surface area contributed by atoms with Crippen LogP contribution in [0.1, 0.15) is 16.8 Å². The molecule has 1 aromatic heterocycles. The Hall–Kier alpha value is -3.02. The molecule has 6 nitrogen and oxygen atoms in total. The maximum Gasteiger partial charge on any atom is 0.419 e. The fourth-order valence-corrected chi connectivity index (χ4v) is 2.40. The monoisotopic (exact) mass is 313 g/mol. The van der Waals surface area contributed by atoms with Gasteiger partial charge in [0.15, 0.2) is 5.58 Å². The van der Waals surface area contributed by atoms with E-state index in [1.54, 1.807) is 28.8 Å². The molecule has 0 radical (unpaired) electrons. The van der Waals surface area contributed by atoms with Gasteiger partial charge in [-0.25, -0.2) is 9.59 Å². The van der Waals surface area contributed by atoms with Gasteiger partial charge in [-0.15, -0.1) is 0 Å². The van der Waals surface area contributed by atoms with E-state index in [9.17, 15) is 9.59 Å². The van der Waals surface area contributed by atoms with E-state index in [0.717, 1.165) is 5.52 Å². The standard InChI is InChI=1S/C17H15NO5/c19-16(20)12-6-1-3-8-14(12)22-11-5-10-18-13-7-2-4-9-15(13)23-17(18)21/h1-4,6-9H,5,10-11H2,(H,19,20). The summed E-state index contributed by atoms with van der Waals surface area (Å²) in [5, 5.41) is 9.09. The Morgan fingerprint density at radius 3 is 2.70 bits per heavy atom. The van der Waals surface area contributed by atoms with E-state index in [4.69, 9.17) is 14.3 Å². The summed E-state index contributed by atoms with van der Waals surface area (Å²) >= 11 is 0. The lowest BCUT2D eigenvalue weighted by molar-refractivity contribution is 0.0692. The third kappa shape index (κ3) is 3.11. The number of carboxylic acid groups (broad SMARTS) is 1. The number of benzene rings is 2. The third-order valence-electron chi connectivity index (χ3n) is 3.47. The van der Waals surface area contributed by atoms with Crippen LogP contribution in [0, 0.1) is 0 Å². The van der Waals surface area contributed by atoms with Gasteiger partial charge >= 0.3 is 11.7 Å². The van der Waals surface area contributed by atoms with E-state index < -0.39 is 11.7 Å². The molecular formula is C17H15NO5. The number of rotatable bonds is 6. The molecule has 23 heavy (non-hydrogen) atoms. The van der Waals surface area contributed by atoms with E-state index in [0.29, 0.717) is 30.9 Å². The molecule has 1 heterocycles. The zero-order valence-corrected chi connectivity index (χ0v) is 12.3. The average molecular weight is 313 g/mol. The van der Waals surface area contributed by atoms with Gasteiger partial charge in [-0.1, -0.05) is 24.3 Å². The molecule has 0 saturated carbocycles. The SMILES string of the molecule is O=C(O)c1ccccc1OCCCn1c(=O)oc2ccccc21. The average Bonchev–Trinajstić information content (AvgIpc) is 2.87. The van der Waals surface area contributed by atoms with Crippen molar-refractivity contribution in [3.8, 4) is 5.75 Å². The van der Waals surface area contributed by atoms with Gasteiger partial charge in [0.1, 0.15) is 11.3 Å². The van der Waals surface area contributed by atoms with Crippen molar-refractivity contribution >= 4 is 17.1 Å². The fraction of sp³-hybridized carbons (Fsp3) is 0.176. The summed E-state index contributed by atoms with van der Waals surface area (Å²) in [4.78, 5) is 22.9. The Kier molecular flexibility index (Phi) is 4.14. The molecule has 3 rings (SSSR count). The fourth-order valence-electron chi connectivity index (χ4n) is 2.40. The van der Waals surface area contributed by atoms with Gasteiger partial charge in [-0.2, -0.15) is 0 Å². The molecule has 0 aliphatic heterocycles. The molecule has 0 amide bonds. The number of nitrogens with zero attached hydrogens (tertiary/aromatic N) is 1. The van der Waals surface area contributed by atoms with Crippen molar-refractivity contribution < 1.29 is 19.1 Å². The summed E-state index contributed by atoms with van der Waals surface area (Å²) < 4.78 is 12.2. The molecule has 0 bridgehead atoms. The van der Waals surface area contributed by atoms with E-state index in [1.807, 2.05) is 18.2 Å². The lowest BCUT2D eigenvalue weighted by Gasteiger charge is -2.09. The molecule has 2 aromatic carbocycles. The van der Waals surface area contributed by atoms with Gasteiger partial charge in [-0.05, 0) is 30.7 Å². The van der Waals surface area contributed by atoms with Crippen LogP contribution in [-0.2, 0) is 6.54 Å². The van der Waals surface area contributed by atoms with Gasteiger partial charge < -0.3 is 14.3 Å². The highest BCUT2D eigenvalue weighted by Crippen LogP contribution is 2.18. The number of fused-ring (bicyclic) bond motifs is 1. The lowest BCUT2D eigenvalue weighted by Crippen LogP contribution is -2.16. The summed E-state index contributed by atoms with van der Waals surface area (Å²) in [6.45, 7) is 0.737. The van der Waals surface area contributed by atoms with Crippen molar-refractivity contribution in [1.29, 1.82) is 0 Å². The molecule has 6 heteroatoms. The Morgan fingerprint density at radius 1 is 1.13 bits per heavy atom. The van der Waals surface area contributed by atoms with E-state index in [2.05, 4.69) is 0 Å². The first-order valence-electron chi connectivity index (χ1n) is 7.20. The van der Waals surface area contributed by atoms with Crippen molar-refractivity contribution in [2.24, 2.45) is 0 Å². The second-order valence-electron chi connectivity index (χ2n) is 4.99. The molecule has 0 unspecified atom stereocenters. The van der Waals surface area contributed by atoms with E-state index >= 15 is 0 Å². The molecule has 3 aromatic rings. The maximum absolute atomic E-state index is 11.8. The molecule has 0 atom stereocenters. The van der Waals surface area contributed by atoms with Crippen LogP contribution >= 0.6 is 0 Å². The number of hydrogen-bond donors (Lipinski definition) is 1. The van der Waals surface area contributed by atoms with Crippen molar-refractivity contribution in [2.45, 2.75) is 13.0 Å². The number of carbonyl (C=O) groups is 1. The summed E-state index contributed by atoms with van der Waals surface area (Å²) in [6.07, 6.45) is 0.553. The minimum absolute atomic E-state index is 0.124. The molecule has 0 aliphatic rings. The van der Waals surface area contributed by atoms with E-state index in [-0.39, 0.29) is 5.56 Å². The maximum atomic E-state index is 11.8. The van der Waals surface area contributed by atoms with Crippen LogP contribution in [0.3, 0.4) is 0 Å². The second kappa shape index (κ2) is 6.39. The topological polar surface area (TPSA) is 81.7 Å². The molecule has 0 aliphatic carbocycles. The van der Waals surface area contributed by atoms with Crippen molar-refractivity contribution in [2.75, 3.05) is 6.61 Å². The van der Waals surface area contributed by atoms with Gasteiger partial charge in [0.25, 0.3) is 0 Å². The first kappa shape index (κ1) is 14.9. The quantitative estimate of drug-likeness (QED) is 0.708.